The molecule has 0 spiro atoms. The molecule has 0 bridgehead atoms. The highest BCUT2D eigenvalue weighted by Crippen LogP contribution is 2.38. The molecule has 38 heavy (non-hydrogen) atoms. The van der Waals surface area contributed by atoms with E-state index >= 15 is 0 Å². The molecule has 1 aliphatic carbocycles. The number of benzene rings is 1. The number of ether oxygens (including phenoxy) is 1. The quantitative estimate of drug-likeness (QED) is 0.346. The number of halogens is 2. The minimum Gasteiger partial charge on any atom is -0.379 e. The Kier molecular flexibility index (Phi) is 6.75. The molecule has 6 rings (SSSR count). The van der Waals surface area contributed by atoms with Crippen molar-refractivity contribution in [3.63, 3.8) is 0 Å². The van der Waals surface area contributed by atoms with E-state index in [1.54, 1.807) is 24.4 Å². The Balaban J connectivity index is 1.38. The van der Waals surface area contributed by atoms with E-state index in [1.807, 2.05) is 6.07 Å². The highest BCUT2D eigenvalue weighted by atomic mass is 32.2. The number of hydrogen-bond acceptors (Lipinski definition) is 6. The van der Waals surface area contributed by atoms with Crippen LogP contribution in [0, 0.1) is 0 Å². The van der Waals surface area contributed by atoms with Crippen LogP contribution in [0.1, 0.15) is 43.7 Å². The van der Waals surface area contributed by atoms with Crippen LogP contribution in [0.4, 0.5) is 8.78 Å². The normalized spacial score (nSPS) is 21.3. The number of hydrogen-bond donors (Lipinski definition) is 0. The fraction of sp³-hybridized carbons (Fsp3) is 0.407. The summed E-state index contributed by atoms with van der Waals surface area (Å²) < 4.78 is 60.9. The molecule has 1 saturated carbocycles. The van der Waals surface area contributed by atoms with Gasteiger partial charge in [0.25, 0.3) is 10.0 Å². The van der Waals surface area contributed by atoms with Crippen LogP contribution >= 0.6 is 0 Å². The number of morpholine rings is 1. The van der Waals surface area contributed by atoms with Crippen molar-refractivity contribution in [2.75, 3.05) is 26.3 Å². The molecule has 200 valence electrons. The minimum atomic E-state index is -3.96. The van der Waals surface area contributed by atoms with E-state index in [2.05, 4.69) is 15.0 Å². The molecule has 2 fully saturated rings. The molecular formula is C27H29F2N5O3S. The molecule has 0 amide bonds. The van der Waals surface area contributed by atoms with Gasteiger partial charge in [-0.05, 0) is 55.4 Å². The van der Waals surface area contributed by atoms with Crippen molar-refractivity contribution in [3.8, 4) is 11.1 Å². The molecule has 0 N–H and O–H groups in total. The van der Waals surface area contributed by atoms with Crippen LogP contribution in [0.25, 0.3) is 22.2 Å². The van der Waals surface area contributed by atoms with Gasteiger partial charge in [0.05, 0.1) is 24.3 Å². The van der Waals surface area contributed by atoms with E-state index in [-0.39, 0.29) is 10.5 Å². The number of aromatic nitrogens is 4. The first-order chi connectivity index (χ1) is 18.4. The number of nitrogens with zero attached hydrogens (tertiary/aromatic N) is 5. The summed E-state index contributed by atoms with van der Waals surface area (Å²) in [5.41, 5.74) is 2.21. The summed E-state index contributed by atoms with van der Waals surface area (Å²) in [6.07, 6.45) is 9.99. The van der Waals surface area contributed by atoms with Crippen molar-refractivity contribution in [1.82, 2.24) is 23.6 Å². The minimum absolute atomic E-state index is 0.124. The van der Waals surface area contributed by atoms with Crippen molar-refractivity contribution >= 4 is 21.1 Å². The predicted molar refractivity (Wildman–Crippen MR) is 139 cm³/mol. The number of fused-ring (bicyclic) bond motifs is 1. The third kappa shape index (κ3) is 4.63. The number of pyridine rings is 1. The SMILES string of the molecule is O=S(=O)(c1ccccc1)n1cc(-c2cnn(C(F)F)c2)c2cc([C@H]3CC[C@H](N4CCOCC4)CC3)cnc21. The molecule has 8 nitrogen and oxygen atoms in total. The summed E-state index contributed by atoms with van der Waals surface area (Å²) in [5.74, 6) is 0.301. The molecule has 0 unspecified atom stereocenters. The summed E-state index contributed by atoms with van der Waals surface area (Å²) >= 11 is 0. The summed E-state index contributed by atoms with van der Waals surface area (Å²) in [7, 11) is -3.96. The van der Waals surface area contributed by atoms with E-state index in [9.17, 15) is 17.2 Å². The molecular weight excluding hydrogens is 512 g/mol. The second-order valence-corrected chi connectivity index (χ2v) is 11.8. The molecule has 11 heteroatoms. The number of rotatable bonds is 6. The van der Waals surface area contributed by atoms with Crippen LogP contribution in [0.5, 0.6) is 0 Å². The topological polar surface area (TPSA) is 82.2 Å². The lowest BCUT2D eigenvalue weighted by Gasteiger charge is -2.38. The summed E-state index contributed by atoms with van der Waals surface area (Å²) in [5, 5.41) is 4.37. The van der Waals surface area contributed by atoms with Crippen LogP contribution in [-0.4, -0.2) is 64.4 Å². The Hall–Kier alpha value is -3.15. The monoisotopic (exact) mass is 541 g/mol. The van der Waals surface area contributed by atoms with Gasteiger partial charge in [0.1, 0.15) is 0 Å². The summed E-state index contributed by atoms with van der Waals surface area (Å²) in [6.45, 7) is 0.729. The third-order valence-electron chi connectivity index (χ3n) is 7.78. The standard InChI is InChI=1S/C27H29F2N5O3S/c28-27(29)33-17-21(16-31-33)25-18-34(38(35,36)23-4-2-1-3-5-23)26-24(25)14-20(15-30-26)19-6-8-22(9-7-19)32-10-12-37-13-11-32/h1-5,14-19,22,27H,6-13H2/t19-,22-. The van der Waals surface area contributed by atoms with Crippen molar-refractivity contribution < 1.29 is 21.9 Å². The van der Waals surface area contributed by atoms with Gasteiger partial charge >= 0.3 is 6.55 Å². The molecule has 4 heterocycles. The van der Waals surface area contributed by atoms with Gasteiger partial charge < -0.3 is 4.74 Å². The molecule has 1 aromatic carbocycles. The van der Waals surface area contributed by atoms with E-state index in [4.69, 9.17) is 4.74 Å². The zero-order valence-electron chi connectivity index (χ0n) is 20.8. The van der Waals surface area contributed by atoms with Crippen LogP contribution in [0.2, 0.25) is 0 Å². The second-order valence-electron chi connectivity index (χ2n) is 9.94. The van der Waals surface area contributed by atoms with E-state index < -0.39 is 16.6 Å². The lowest BCUT2D eigenvalue weighted by molar-refractivity contribution is 0.00729. The highest BCUT2D eigenvalue weighted by molar-refractivity contribution is 7.90. The highest BCUT2D eigenvalue weighted by Gasteiger charge is 2.29. The van der Waals surface area contributed by atoms with Gasteiger partial charge in [-0.15, -0.1) is 0 Å². The van der Waals surface area contributed by atoms with Gasteiger partial charge in [-0.3, -0.25) is 4.90 Å². The molecule has 1 saturated heterocycles. The molecule has 4 aromatic rings. The van der Waals surface area contributed by atoms with Crippen LogP contribution in [0.3, 0.4) is 0 Å². The molecule has 2 aliphatic rings. The maximum Gasteiger partial charge on any atom is 0.333 e. The molecule has 0 radical (unpaired) electrons. The lowest BCUT2D eigenvalue weighted by Crippen LogP contribution is -2.44. The van der Waals surface area contributed by atoms with Gasteiger partial charge in [-0.25, -0.2) is 22.1 Å². The summed E-state index contributed by atoms with van der Waals surface area (Å²) in [6, 6.07) is 10.6. The maximum absolute atomic E-state index is 13.5. The summed E-state index contributed by atoms with van der Waals surface area (Å²) in [4.78, 5) is 7.27. The maximum atomic E-state index is 13.5. The van der Waals surface area contributed by atoms with Gasteiger partial charge in [-0.2, -0.15) is 13.9 Å². The van der Waals surface area contributed by atoms with E-state index in [1.165, 1.54) is 30.7 Å². The first-order valence-corrected chi connectivity index (χ1v) is 14.3. The Labute approximate surface area is 219 Å². The Morgan fingerprint density at radius 3 is 2.39 bits per heavy atom. The Morgan fingerprint density at radius 1 is 0.974 bits per heavy atom. The van der Waals surface area contributed by atoms with Crippen LogP contribution in [-0.2, 0) is 14.8 Å². The Bertz CT molecular complexity index is 1520. The van der Waals surface area contributed by atoms with Gasteiger partial charge in [0.15, 0.2) is 5.65 Å². The number of alkyl halides is 2. The van der Waals surface area contributed by atoms with Crippen molar-refractivity contribution in [2.24, 2.45) is 0 Å². The van der Waals surface area contributed by atoms with E-state index in [0.29, 0.717) is 33.2 Å². The van der Waals surface area contributed by atoms with Crippen LogP contribution in [0.15, 0.2) is 66.1 Å². The smallest absolute Gasteiger partial charge is 0.333 e. The first-order valence-electron chi connectivity index (χ1n) is 12.9. The van der Waals surface area contributed by atoms with Gasteiger partial charge in [0.2, 0.25) is 0 Å². The van der Waals surface area contributed by atoms with Crippen molar-refractivity contribution in [2.45, 2.75) is 49.1 Å². The van der Waals surface area contributed by atoms with Gasteiger partial charge in [0, 0.05) is 54.2 Å². The molecule has 1 aliphatic heterocycles. The average Bonchev–Trinajstić information content (AvgIpc) is 3.60. The zero-order valence-corrected chi connectivity index (χ0v) is 21.6. The first kappa shape index (κ1) is 25.1. The third-order valence-corrected chi connectivity index (χ3v) is 9.44. The zero-order chi connectivity index (χ0) is 26.3. The molecule has 3 aromatic heterocycles. The predicted octanol–water partition coefficient (Wildman–Crippen LogP) is 4.89. The van der Waals surface area contributed by atoms with Crippen LogP contribution < -0.4 is 0 Å². The second kappa shape index (κ2) is 10.2. The van der Waals surface area contributed by atoms with Crippen molar-refractivity contribution in [3.05, 3.63) is 66.7 Å². The fourth-order valence-electron chi connectivity index (χ4n) is 5.74. The van der Waals surface area contributed by atoms with Gasteiger partial charge in [-0.1, -0.05) is 18.2 Å². The van der Waals surface area contributed by atoms with Crippen molar-refractivity contribution in [1.29, 1.82) is 0 Å². The fourth-order valence-corrected chi connectivity index (χ4v) is 7.08. The molecule has 0 atom stereocenters. The largest absolute Gasteiger partial charge is 0.379 e. The average molecular weight is 542 g/mol. The lowest BCUT2D eigenvalue weighted by atomic mass is 9.81. The Morgan fingerprint density at radius 2 is 1.71 bits per heavy atom. The van der Waals surface area contributed by atoms with E-state index in [0.717, 1.165) is 61.5 Å².